The number of nitrogens with zero attached hydrogens (tertiary/aromatic N) is 2. The van der Waals surface area contributed by atoms with Gasteiger partial charge in [-0.3, -0.25) is 4.79 Å². The Balaban J connectivity index is 1.76. The molecule has 0 bridgehead atoms. The molecule has 0 aliphatic heterocycles. The summed E-state index contributed by atoms with van der Waals surface area (Å²) in [6, 6.07) is 8.02. The fourth-order valence-corrected chi connectivity index (χ4v) is 5.28. The number of fused-ring (bicyclic) bond motifs is 1. The third kappa shape index (κ3) is 5.86. The molecule has 188 valence electrons. The molecule has 1 aromatic heterocycles. The van der Waals surface area contributed by atoms with Gasteiger partial charge in [0, 0.05) is 23.4 Å². The minimum atomic E-state index is -4.79. The van der Waals surface area contributed by atoms with Crippen molar-refractivity contribution in [2.45, 2.75) is 58.9 Å². The van der Waals surface area contributed by atoms with Crippen LogP contribution >= 0.6 is 0 Å². The number of halogens is 4. The lowest BCUT2D eigenvalue weighted by Crippen LogP contribution is -2.29. The van der Waals surface area contributed by atoms with Crippen molar-refractivity contribution < 1.29 is 32.2 Å². The van der Waals surface area contributed by atoms with Crippen LogP contribution in [0.25, 0.3) is 11.0 Å². The monoisotopic (exact) mass is 493 g/mol. The van der Waals surface area contributed by atoms with Crippen molar-refractivity contribution in [3.63, 3.8) is 0 Å². The molecule has 3 aromatic rings. The van der Waals surface area contributed by atoms with E-state index in [1.807, 2.05) is 4.57 Å². The van der Waals surface area contributed by atoms with E-state index in [0.717, 1.165) is 19.3 Å². The first-order valence-corrected chi connectivity index (χ1v) is 11.3. The molecule has 1 fully saturated rings. The van der Waals surface area contributed by atoms with Crippen LogP contribution in [-0.4, -0.2) is 27.0 Å². The summed E-state index contributed by atoms with van der Waals surface area (Å²) >= 11 is 0. The maximum absolute atomic E-state index is 14.8. The molecule has 2 aromatic carbocycles. The maximum Gasteiger partial charge on any atom is 0.573 e. The Labute approximate surface area is 199 Å². The smallest absolute Gasteiger partial charge is 0.481 e. The molecule has 0 amide bonds. The summed E-state index contributed by atoms with van der Waals surface area (Å²) in [6.45, 7) is 6.55. The van der Waals surface area contributed by atoms with Crippen molar-refractivity contribution in [2.24, 2.45) is 11.3 Å². The number of benzene rings is 2. The van der Waals surface area contributed by atoms with Gasteiger partial charge >= 0.3 is 12.3 Å². The number of hydrogen-bond acceptors (Lipinski definition) is 4. The Morgan fingerprint density at radius 2 is 1.91 bits per heavy atom. The molecule has 2 atom stereocenters. The fraction of sp³-hybridized carbons (Fsp3) is 0.440. The van der Waals surface area contributed by atoms with Gasteiger partial charge in [0.05, 0.1) is 17.5 Å². The minimum Gasteiger partial charge on any atom is -0.481 e. The molecule has 0 spiro atoms. The van der Waals surface area contributed by atoms with Crippen molar-refractivity contribution in [3.8, 4) is 5.75 Å². The van der Waals surface area contributed by atoms with E-state index < -0.39 is 24.6 Å². The summed E-state index contributed by atoms with van der Waals surface area (Å²) in [5, 5.41) is 12.3. The molecule has 0 radical (unpaired) electrons. The molecule has 2 N–H and O–H groups in total. The summed E-state index contributed by atoms with van der Waals surface area (Å²) in [4.78, 5) is 15.8. The molecule has 10 heteroatoms. The van der Waals surface area contributed by atoms with Crippen LogP contribution in [0.5, 0.6) is 5.75 Å². The predicted octanol–water partition coefficient (Wildman–Crippen LogP) is 6.83. The van der Waals surface area contributed by atoms with E-state index in [9.17, 15) is 22.4 Å². The molecule has 0 saturated heterocycles. The Bertz CT molecular complexity index is 1240. The normalized spacial score (nSPS) is 20.1. The van der Waals surface area contributed by atoms with Gasteiger partial charge in [0.25, 0.3) is 0 Å². The minimum absolute atomic E-state index is 0.00110. The molecule has 1 aliphatic rings. The van der Waals surface area contributed by atoms with Crippen molar-refractivity contribution in [1.82, 2.24) is 9.55 Å². The van der Waals surface area contributed by atoms with Crippen LogP contribution in [-0.2, 0) is 11.2 Å². The molecular weight excluding hydrogens is 466 g/mol. The molecular formula is C25H27F4N3O3. The van der Waals surface area contributed by atoms with E-state index in [2.05, 4.69) is 35.8 Å². The van der Waals surface area contributed by atoms with E-state index in [1.165, 1.54) is 36.4 Å². The summed E-state index contributed by atoms with van der Waals surface area (Å²) in [7, 11) is 0. The van der Waals surface area contributed by atoms with Gasteiger partial charge in [0.15, 0.2) is 0 Å². The van der Waals surface area contributed by atoms with E-state index in [4.69, 9.17) is 5.11 Å². The number of anilines is 2. The zero-order valence-electron chi connectivity index (χ0n) is 19.6. The molecule has 0 unspecified atom stereocenters. The first-order valence-electron chi connectivity index (χ1n) is 11.3. The Hall–Kier alpha value is -3.30. The largest absolute Gasteiger partial charge is 0.573 e. The molecule has 1 heterocycles. The van der Waals surface area contributed by atoms with E-state index >= 15 is 0 Å². The zero-order valence-corrected chi connectivity index (χ0v) is 19.6. The standard InChI is InChI=1S/C25H27F4N3O3/c1-14-8-17(13-24(2,3)12-14)32-21-11-19(26)15(10-22(33)34)9-20(21)31-23(32)30-16-4-6-18(7-5-16)35-25(27,28)29/h4-7,9,11,14,17H,8,10,12-13H2,1-3H3,(H,30,31)(H,33,34)/t14-,17-/m0/s1. The highest BCUT2D eigenvalue weighted by Crippen LogP contribution is 2.46. The summed E-state index contributed by atoms with van der Waals surface area (Å²) < 4.78 is 58.2. The second-order valence-corrected chi connectivity index (χ2v) is 10.1. The van der Waals surface area contributed by atoms with Crippen LogP contribution in [0.4, 0.5) is 29.2 Å². The number of imidazole rings is 1. The molecule has 6 nitrogen and oxygen atoms in total. The zero-order chi connectivity index (χ0) is 25.5. The van der Waals surface area contributed by atoms with Crippen molar-refractivity contribution in [1.29, 1.82) is 0 Å². The molecule has 4 rings (SSSR count). The Morgan fingerprint density at radius 1 is 1.23 bits per heavy atom. The topological polar surface area (TPSA) is 76.4 Å². The van der Waals surface area contributed by atoms with Gasteiger partial charge in [-0.2, -0.15) is 0 Å². The van der Waals surface area contributed by atoms with Crippen LogP contribution < -0.4 is 10.1 Å². The highest BCUT2D eigenvalue weighted by atomic mass is 19.4. The van der Waals surface area contributed by atoms with Gasteiger partial charge in [-0.1, -0.05) is 20.8 Å². The first-order chi connectivity index (χ1) is 16.3. The number of aromatic nitrogens is 2. The van der Waals surface area contributed by atoms with Crippen molar-refractivity contribution >= 4 is 28.6 Å². The van der Waals surface area contributed by atoms with Gasteiger partial charge in [0.2, 0.25) is 5.95 Å². The number of nitrogens with one attached hydrogen (secondary N) is 1. The molecule has 1 aliphatic carbocycles. The second kappa shape index (κ2) is 9.05. The van der Waals surface area contributed by atoms with Crippen LogP contribution in [0.15, 0.2) is 36.4 Å². The van der Waals surface area contributed by atoms with E-state index in [-0.39, 0.29) is 22.8 Å². The maximum atomic E-state index is 14.8. The lowest BCUT2D eigenvalue weighted by atomic mass is 9.70. The summed E-state index contributed by atoms with van der Waals surface area (Å²) in [5.74, 6) is -1.29. The number of aliphatic carboxylic acids is 1. The number of carboxylic acids is 1. The fourth-order valence-electron chi connectivity index (χ4n) is 5.28. The predicted molar refractivity (Wildman–Crippen MR) is 123 cm³/mol. The number of carbonyl (C=O) groups is 1. The van der Waals surface area contributed by atoms with Gasteiger partial charge < -0.3 is 19.7 Å². The summed E-state index contributed by atoms with van der Waals surface area (Å²) in [6.07, 6.45) is -2.53. The number of ether oxygens (including phenoxy) is 1. The van der Waals surface area contributed by atoms with Gasteiger partial charge in [-0.15, -0.1) is 13.2 Å². The van der Waals surface area contributed by atoms with Crippen molar-refractivity contribution in [3.05, 3.63) is 47.8 Å². The average molecular weight is 494 g/mol. The quantitative estimate of drug-likeness (QED) is 0.368. The van der Waals surface area contributed by atoms with Crippen LogP contribution in [0, 0.1) is 17.2 Å². The third-order valence-corrected chi connectivity index (χ3v) is 6.27. The van der Waals surface area contributed by atoms with Crippen LogP contribution in [0.1, 0.15) is 51.6 Å². The second-order valence-electron chi connectivity index (χ2n) is 10.1. The van der Waals surface area contributed by atoms with E-state index in [0.29, 0.717) is 28.6 Å². The van der Waals surface area contributed by atoms with Crippen LogP contribution in [0.2, 0.25) is 0 Å². The Morgan fingerprint density at radius 3 is 2.51 bits per heavy atom. The highest BCUT2D eigenvalue weighted by molar-refractivity contribution is 5.82. The van der Waals surface area contributed by atoms with Gasteiger partial charge in [0.1, 0.15) is 11.6 Å². The van der Waals surface area contributed by atoms with Crippen LogP contribution in [0.3, 0.4) is 0 Å². The van der Waals surface area contributed by atoms with Gasteiger partial charge in [-0.05, 0) is 60.9 Å². The first kappa shape index (κ1) is 24.8. The average Bonchev–Trinajstić information content (AvgIpc) is 3.03. The number of hydrogen-bond donors (Lipinski definition) is 2. The Kier molecular flexibility index (Phi) is 6.42. The molecule has 1 saturated carbocycles. The number of rotatable bonds is 6. The SMILES string of the molecule is C[C@H]1C[C@H](n2c(Nc3ccc(OC(F)(F)F)cc3)nc3cc(CC(=O)O)c(F)cc32)CC(C)(C)C1. The number of alkyl halides is 3. The lowest BCUT2D eigenvalue weighted by molar-refractivity contribution is -0.274. The van der Waals surface area contributed by atoms with E-state index in [1.54, 1.807) is 0 Å². The highest BCUT2D eigenvalue weighted by Gasteiger charge is 2.35. The molecule has 35 heavy (non-hydrogen) atoms. The van der Waals surface area contributed by atoms with Gasteiger partial charge in [-0.25, -0.2) is 9.37 Å². The number of carboxylic acid groups (broad SMARTS) is 1. The lowest BCUT2D eigenvalue weighted by Gasteiger charge is -2.40. The summed E-state index contributed by atoms with van der Waals surface area (Å²) in [5.41, 5.74) is 1.54. The third-order valence-electron chi connectivity index (χ3n) is 6.27. The van der Waals surface area contributed by atoms with Crippen molar-refractivity contribution in [2.75, 3.05) is 5.32 Å².